The molecule has 1 aromatic rings. The zero-order valence-electron chi connectivity index (χ0n) is 4.96. The van der Waals surface area contributed by atoms with Crippen molar-refractivity contribution in [3.8, 4) is 11.8 Å². The minimum atomic E-state index is -1.16. The van der Waals surface area contributed by atoms with Crippen LogP contribution < -0.4 is 0 Å². The average molecular weight is 136 g/mol. The number of nitrogens with zero attached hydrogens (tertiary/aromatic N) is 1. The van der Waals surface area contributed by atoms with Crippen LogP contribution in [0.1, 0.15) is 5.82 Å². The first-order chi connectivity index (χ1) is 4.79. The van der Waals surface area contributed by atoms with E-state index in [-0.39, 0.29) is 0 Å². The fraction of sp³-hybridized carbons (Fsp3) is 0. The summed E-state index contributed by atoms with van der Waals surface area (Å²) >= 11 is 0. The second-order valence-electron chi connectivity index (χ2n) is 1.49. The second kappa shape index (κ2) is 2.69. The maximum absolute atomic E-state index is 9.88. The van der Waals surface area contributed by atoms with E-state index in [1.54, 1.807) is 6.20 Å². The van der Waals surface area contributed by atoms with Crippen molar-refractivity contribution in [3.63, 3.8) is 0 Å². The van der Waals surface area contributed by atoms with E-state index in [9.17, 15) is 4.79 Å². The van der Waals surface area contributed by atoms with Gasteiger partial charge in [-0.3, -0.25) is 0 Å². The molecule has 0 amide bonds. The van der Waals surface area contributed by atoms with Crippen LogP contribution in [-0.2, 0) is 4.79 Å². The zero-order valence-corrected chi connectivity index (χ0v) is 4.96. The summed E-state index contributed by atoms with van der Waals surface area (Å²) in [5.74, 6) is 3.44. The largest absolute Gasteiger partial charge is 0.472 e. The molecular weight excluding hydrogens is 132 g/mol. The molecule has 4 heteroatoms. The molecule has 0 aromatic carbocycles. The Hall–Kier alpha value is -1.76. The molecule has 1 rings (SSSR count). The summed E-state index contributed by atoms with van der Waals surface area (Å²) in [6, 6.07) is 0. The molecule has 0 fully saturated rings. The SMILES string of the molecule is O=C(O)C#Cc1ncc[nH]1. The van der Waals surface area contributed by atoms with Crippen molar-refractivity contribution in [2.45, 2.75) is 0 Å². The van der Waals surface area contributed by atoms with E-state index < -0.39 is 5.97 Å². The second-order valence-corrected chi connectivity index (χ2v) is 1.49. The number of H-pyrrole nitrogens is 1. The molecule has 10 heavy (non-hydrogen) atoms. The molecule has 0 atom stereocenters. The number of carboxylic acid groups (broad SMARTS) is 1. The average Bonchev–Trinajstić information content (AvgIpc) is 2.34. The van der Waals surface area contributed by atoms with E-state index in [2.05, 4.69) is 15.9 Å². The Balaban J connectivity index is 2.75. The monoisotopic (exact) mass is 136 g/mol. The van der Waals surface area contributed by atoms with Crippen LogP contribution in [0.15, 0.2) is 12.4 Å². The van der Waals surface area contributed by atoms with Crippen LogP contribution in [0.25, 0.3) is 0 Å². The number of aromatic amines is 1. The number of imidazole rings is 1. The third kappa shape index (κ3) is 1.63. The molecule has 0 saturated heterocycles. The minimum Gasteiger partial charge on any atom is -0.472 e. The van der Waals surface area contributed by atoms with Crippen LogP contribution in [0.5, 0.6) is 0 Å². The minimum absolute atomic E-state index is 0.363. The lowest BCUT2D eigenvalue weighted by atomic mass is 10.5. The van der Waals surface area contributed by atoms with E-state index >= 15 is 0 Å². The first kappa shape index (κ1) is 6.36. The molecule has 0 spiro atoms. The van der Waals surface area contributed by atoms with Gasteiger partial charge in [0.05, 0.1) is 0 Å². The highest BCUT2D eigenvalue weighted by molar-refractivity contribution is 5.86. The smallest absolute Gasteiger partial charge is 0.382 e. The van der Waals surface area contributed by atoms with Crippen LogP contribution in [0, 0.1) is 11.8 Å². The highest BCUT2D eigenvalue weighted by Gasteiger charge is 1.86. The Labute approximate surface area is 56.9 Å². The van der Waals surface area contributed by atoms with Crippen molar-refractivity contribution in [1.29, 1.82) is 0 Å². The van der Waals surface area contributed by atoms with Crippen molar-refractivity contribution >= 4 is 5.97 Å². The van der Waals surface area contributed by atoms with Crippen molar-refractivity contribution in [1.82, 2.24) is 9.97 Å². The lowest BCUT2D eigenvalue weighted by molar-refractivity contribution is -0.130. The predicted molar refractivity (Wildman–Crippen MR) is 33.1 cm³/mol. The molecule has 2 N–H and O–H groups in total. The molecule has 1 aromatic heterocycles. The molecule has 0 aliphatic carbocycles. The summed E-state index contributed by atoms with van der Waals surface area (Å²) in [6.45, 7) is 0. The van der Waals surface area contributed by atoms with Gasteiger partial charge in [0.1, 0.15) is 0 Å². The van der Waals surface area contributed by atoms with Crippen molar-refractivity contribution in [3.05, 3.63) is 18.2 Å². The van der Waals surface area contributed by atoms with Crippen molar-refractivity contribution in [2.24, 2.45) is 0 Å². The van der Waals surface area contributed by atoms with Gasteiger partial charge in [-0.15, -0.1) is 0 Å². The number of hydrogen-bond acceptors (Lipinski definition) is 2. The van der Waals surface area contributed by atoms with Crippen LogP contribution in [-0.4, -0.2) is 21.0 Å². The number of carbonyl (C=O) groups is 1. The third-order valence-electron chi connectivity index (χ3n) is 0.786. The predicted octanol–water partition coefficient (Wildman–Crippen LogP) is -0.154. The van der Waals surface area contributed by atoms with Crippen LogP contribution in [0.3, 0.4) is 0 Å². The standard InChI is InChI=1S/C6H4N2O2/c9-6(10)2-1-5-7-3-4-8-5/h3-4H,(H,7,8)(H,9,10). The van der Waals surface area contributed by atoms with Crippen molar-refractivity contribution < 1.29 is 9.90 Å². The van der Waals surface area contributed by atoms with Crippen LogP contribution in [0.4, 0.5) is 0 Å². The summed E-state index contributed by atoms with van der Waals surface area (Å²) in [7, 11) is 0. The van der Waals surface area contributed by atoms with Gasteiger partial charge in [0.25, 0.3) is 0 Å². The molecular formula is C6H4N2O2. The molecule has 0 saturated carbocycles. The van der Waals surface area contributed by atoms with Crippen molar-refractivity contribution in [2.75, 3.05) is 0 Å². The molecule has 1 heterocycles. The molecule has 0 aliphatic rings. The Morgan fingerprint density at radius 3 is 3.10 bits per heavy atom. The highest BCUT2D eigenvalue weighted by Crippen LogP contribution is 1.81. The van der Waals surface area contributed by atoms with Gasteiger partial charge in [-0.05, 0) is 5.92 Å². The number of hydrogen-bond donors (Lipinski definition) is 2. The Morgan fingerprint density at radius 1 is 1.80 bits per heavy atom. The Morgan fingerprint density at radius 2 is 2.60 bits per heavy atom. The maximum Gasteiger partial charge on any atom is 0.382 e. The number of aliphatic carboxylic acids is 1. The van der Waals surface area contributed by atoms with Gasteiger partial charge >= 0.3 is 5.97 Å². The number of aromatic nitrogens is 2. The zero-order chi connectivity index (χ0) is 7.40. The van der Waals surface area contributed by atoms with Gasteiger partial charge in [0, 0.05) is 18.3 Å². The van der Waals surface area contributed by atoms with Gasteiger partial charge in [-0.2, -0.15) is 0 Å². The fourth-order valence-electron chi connectivity index (χ4n) is 0.446. The quantitative estimate of drug-likeness (QED) is 0.487. The molecule has 4 nitrogen and oxygen atoms in total. The van der Waals surface area contributed by atoms with E-state index in [4.69, 9.17) is 5.11 Å². The molecule has 0 unspecified atom stereocenters. The summed E-state index contributed by atoms with van der Waals surface area (Å²) in [5.41, 5.74) is 0. The van der Waals surface area contributed by atoms with E-state index in [0.29, 0.717) is 5.82 Å². The lowest BCUT2D eigenvalue weighted by Crippen LogP contribution is -1.87. The van der Waals surface area contributed by atoms with Gasteiger partial charge in [0.15, 0.2) is 5.82 Å². The summed E-state index contributed by atoms with van der Waals surface area (Å²) in [4.78, 5) is 16.2. The normalized spacial score (nSPS) is 8.00. The molecule has 0 radical (unpaired) electrons. The van der Waals surface area contributed by atoms with Crippen LogP contribution >= 0.6 is 0 Å². The third-order valence-corrected chi connectivity index (χ3v) is 0.786. The highest BCUT2D eigenvalue weighted by atomic mass is 16.4. The first-order valence-electron chi connectivity index (χ1n) is 2.53. The summed E-state index contributed by atoms with van der Waals surface area (Å²) < 4.78 is 0. The topological polar surface area (TPSA) is 66.0 Å². The number of nitrogens with one attached hydrogen (secondary N) is 1. The number of carboxylic acids is 1. The van der Waals surface area contributed by atoms with Gasteiger partial charge in [-0.1, -0.05) is 0 Å². The Bertz CT molecular complexity index is 278. The first-order valence-corrected chi connectivity index (χ1v) is 2.53. The van der Waals surface area contributed by atoms with Crippen LogP contribution in [0.2, 0.25) is 0 Å². The van der Waals surface area contributed by atoms with Gasteiger partial charge in [-0.25, -0.2) is 9.78 Å². The van der Waals surface area contributed by atoms with E-state index in [0.717, 1.165) is 0 Å². The lowest BCUT2D eigenvalue weighted by Gasteiger charge is -1.73. The molecule has 0 aliphatic heterocycles. The maximum atomic E-state index is 9.88. The summed E-state index contributed by atoms with van der Waals surface area (Å²) in [6.07, 6.45) is 3.08. The fourth-order valence-corrected chi connectivity index (χ4v) is 0.446. The van der Waals surface area contributed by atoms with Gasteiger partial charge in [0.2, 0.25) is 0 Å². The van der Waals surface area contributed by atoms with E-state index in [1.807, 2.05) is 5.92 Å². The molecule has 0 bridgehead atoms. The Kier molecular flexibility index (Phi) is 1.71. The van der Waals surface area contributed by atoms with E-state index in [1.165, 1.54) is 6.20 Å². The molecule has 50 valence electrons. The van der Waals surface area contributed by atoms with Gasteiger partial charge < -0.3 is 10.1 Å². The summed E-state index contributed by atoms with van der Waals surface area (Å²) in [5, 5.41) is 8.10. The number of rotatable bonds is 0.